The summed E-state index contributed by atoms with van der Waals surface area (Å²) in [5.41, 5.74) is 7.92. The van der Waals surface area contributed by atoms with Crippen molar-refractivity contribution in [2.45, 2.75) is 33.4 Å². The van der Waals surface area contributed by atoms with Crippen LogP contribution in [0, 0.1) is 13.8 Å². The van der Waals surface area contributed by atoms with Crippen LogP contribution in [0.15, 0.2) is 0 Å². The number of anilines is 1. The van der Waals surface area contributed by atoms with Gasteiger partial charge in [-0.1, -0.05) is 5.21 Å². The molecule has 19 heavy (non-hydrogen) atoms. The number of aryl methyl sites for hydroxylation is 1. The Morgan fingerprint density at radius 3 is 2.79 bits per heavy atom. The van der Waals surface area contributed by atoms with Gasteiger partial charge in [0, 0.05) is 0 Å². The second-order valence-corrected chi connectivity index (χ2v) is 4.30. The molecule has 9 heteroatoms. The second-order valence-electron chi connectivity index (χ2n) is 4.30. The zero-order valence-electron chi connectivity index (χ0n) is 11.0. The second kappa shape index (κ2) is 5.04. The largest absolute Gasteiger partial charge is 0.396 e. The Labute approximate surface area is 109 Å². The molecule has 0 aliphatic heterocycles. The molecule has 1 amide bonds. The maximum absolute atomic E-state index is 11.9. The zero-order chi connectivity index (χ0) is 14.0. The Morgan fingerprint density at radius 2 is 2.26 bits per heavy atom. The predicted molar refractivity (Wildman–Crippen MR) is 66.8 cm³/mol. The van der Waals surface area contributed by atoms with Crippen molar-refractivity contribution in [2.24, 2.45) is 0 Å². The fourth-order valence-corrected chi connectivity index (χ4v) is 1.71. The van der Waals surface area contributed by atoms with Crippen LogP contribution in [0.5, 0.6) is 0 Å². The molecule has 0 aliphatic rings. The van der Waals surface area contributed by atoms with Gasteiger partial charge in [-0.15, -0.1) is 10.2 Å². The van der Waals surface area contributed by atoms with E-state index in [1.54, 1.807) is 18.5 Å². The van der Waals surface area contributed by atoms with E-state index in [4.69, 9.17) is 5.73 Å². The van der Waals surface area contributed by atoms with Crippen molar-refractivity contribution < 1.29 is 4.79 Å². The molecule has 4 N–H and O–H groups in total. The number of aromatic amines is 1. The van der Waals surface area contributed by atoms with E-state index in [1.165, 1.54) is 0 Å². The first-order chi connectivity index (χ1) is 8.99. The Bertz CT molecular complexity index is 573. The maximum atomic E-state index is 11.9. The summed E-state index contributed by atoms with van der Waals surface area (Å²) in [6, 6.07) is -0.319. The van der Waals surface area contributed by atoms with Crippen LogP contribution < -0.4 is 11.1 Å². The molecule has 9 nitrogen and oxygen atoms in total. The minimum atomic E-state index is -0.319. The lowest BCUT2D eigenvalue weighted by Crippen LogP contribution is -2.31. The molecule has 0 aromatic carbocycles. The summed E-state index contributed by atoms with van der Waals surface area (Å²) in [5.74, 6) is 0.240. The number of carbonyl (C=O) groups is 1. The minimum Gasteiger partial charge on any atom is -0.396 e. The molecule has 2 aromatic heterocycles. The van der Waals surface area contributed by atoms with Gasteiger partial charge in [-0.05, 0) is 20.8 Å². The number of H-pyrrole nitrogens is 1. The van der Waals surface area contributed by atoms with Crippen LogP contribution in [-0.2, 0) is 11.3 Å². The van der Waals surface area contributed by atoms with Crippen molar-refractivity contribution >= 4 is 11.6 Å². The summed E-state index contributed by atoms with van der Waals surface area (Å²) >= 11 is 0. The molecule has 0 spiro atoms. The third kappa shape index (κ3) is 2.69. The van der Waals surface area contributed by atoms with Crippen molar-refractivity contribution in [3.8, 4) is 0 Å². The first-order valence-electron chi connectivity index (χ1n) is 5.81. The molecule has 0 radical (unpaired) electrons. The van der Waals surface area contributed by atoms with Crippen LogP contribution in [0.2, 0.25) is 0 Å². The topological polar surface area (TPSA) is 127 Å². The van der Waals surface area contributed by atoms with Gasteiger partial charge < -0.3 is 11.1 Å². The standard InChI is InChI=1S/C10H16N8O/c1-5-9(11)7(3)18(15-5)4-8(19)12-6(2)10-13-16-17-14-10/h6H,4,11H2,1-3H3,(H,12,19)(H,13,14,16,17). The lowest BCUT2D eigenvalue weighted by atomic mass is 10.3. The molecule has 0 bridgehead atoms. The van der Waals surface area contributed by atoms with Crippen molar-refractivity contribution in [2.75, 3.05) is 5.73 Å². The molecule has 1 unspecified atom stereocenters. The van der Waals surface area contributed by atoms with E-state index in [-0.39, 0.29) is 18.5 Å². The molecular weight excluding hydrogens is 248 g/mol. The summed E-state index contributed by atoms with van der Waals surface area (Å²) in [6.45, 7) is 5.51. The predicted octanol–water partition coefficient (Wildman–Crippen LogP) is -0.527. The Morgan fingerprint density at radius 1 is 1.53 bits per heavy atom. The van der Waals surface area contributed by atoms with Crippen LogP contribution in [0.3, 0.4) is 0 Å². The number of carbonyl (C=O) groups excluding carboxylic acids is 1. The van der Waals surface area contributed by atoms with E-state index in [1.807, 2.05) is 6.92 Å². The number of aromatic nitrogens is 6. The minimum absolute atomic E-state index is 0.103. The first-order valence-corrected chi connectivity index (χ1v) is 5.81. The number of nitrogen functional groups attached to an aromatic ring is 1. The maximum Gasteiger partial charge on any atom is 0.242 e. The monoisotopic (exact) mass is 264 g/mol. The first kappa shape index (κ1) is 13.0. The molecule has 1 atom stereocenters. The highest BCUT2D eigenvalue weighted by Crippen LogP contribution is 2.14. The summed E-state index contributed by atoms with van der Waals surface area (Å²) in [7, 11) is 0. The summed E-state index contributed by atoms with van der Waals surface area (Å²) in [6.07, 6.45) is 0. The van der Waals surface area contributed by atoms with Crippen LogP contribution >= 0.6 is 0 Å². The molecule has 0 saturated heterocycles. The molecule has 0 saturated carbocycles. The number of nitrogens with zero attached hydrogens (tertiary/aromatic N) is 5. The summed E-state index contributed by atoms with van der Waals surface area (Å²) in [5, 5.41) is 20.4. The molecule has 2 aromatic rings. The number of nitrogens with one attached hydrogen (secondary N) is 2. The normalized spacial score (nSPS) is 12.4. The molecule has 2 rings (SSSR count). The third-order valence-corrected chi connectivity index (χ3v) is 2.86. The van der Waals surface area contributed by atoms with E-state index in [0.717, 1.165) is 11.4 Å². The smallest absolute Gasteiger partial charge is 0.242 e. The summed E-state index contributed by atoms with van der Waals surface area (Å²) in [4.78, 5) is 11.9. The van der Waals surface area contributed by atoms with Gasteiger partial charge >= 0.3 is 0 Å². The fraction of sp³-hybridized carbons (Fsp3) is 0.500. The van der Waals surface area contributed by atoms with E-state index < -0.39 is 0 Å². The average molecular weight is 264 g/mol. The average Bonchev–Trinajstić information content (AvgIpc) is 2.96. The van der Waals surface area contributed by atoms with E-state index in [9.17, 15) is 4.79 Å². The van der Waals surface area contributed by atoms with Crippen LogP contribution in [0.4, 0.5) is 5.69 Å². The van der Waals surface area contributed by atoms with Gasteiger partial charge in [-0.3, -0.25) is 9.48 Å². The SMILES string of the molecule is Cc1nn(CC(=O)NC(C)c2nn[nH]n2)c(C)c1N. The highest BCUT2D eigenvalue weighted by atomic mass is 16.2. The zero-order valence-corrected chi connectivity index (χ0v) is 11.0. The fourth-order valence-electron chi connectivity index (χ4n) is 1.71. The number of amides is 1. The van der Waals surface area contributed by atoms with Crippen molar-refractivity contribution in [3.63, 3.8) is 0 Å². The van der Waals surface area contributed by atoms with Gasteiger partial charge in [0.15, 0.2) is 5.82 Å². The van der Waals surface area contributed by atoms with Gasteiger partial charge in [0.05, 0.1) is 23.1 Å². The summed E-state index contributed by atoms with van der Waals surface area (Å²) < 4.78 is 1.57. The van der Waals surface area contributed by atoms with Crippen LogP contribution in [-0.4, -0.2) is 36.3 Å². The van der Waals surface area contributed by atoms with Crippen molar-refractivity contribution in [1.82, 2.24) is 35.7 Å². The molecular formula is C10H16N8O. The van der Waals surface area contributed by atoms with Crippen molar-refractivity contribution in [1.29, 1.82) is 0 Å². The van der Waals surface area contributed by atoms with Gasteiger partial charge in [-0.25, -0.2) is 0 Å². The van der Waals surface area contributed by atoms with Crippen molar-refractivity contribution in [3.05, 3.63) is 17.2 Å². The molecule has 2 heterocycles. The third-order valence-electron chi connectivity index (χ3n) is 2.86. The number of hydrogen-bond donors (Lipinski definition) is 3. The number of hydrogen-bond acceptors (Lipinski definition) is 6. The lowest BCUT2D eigenvalue weighted by molar-refractivity contribution is -0.122. The number of nitrogens with two attached hydrogens (primary N) is 1. The van der Waals surface area contributed by atoms with Gasteiger partial charge in [0.2, 0.25) is 5.91 Å². The quantitative estimate of drug-likeness (QED) is 0.681. The Hall–Kier alpha value is -2.45. The molecule has 0 fully saturated rings. The highest BCUT2D eigenvalue weighted by molar-refractivity contribution is 5.76. The number of tetrazole rings is 1. The lowest BCUT2D eigenvalue weighted by Gasteiger charge is -2.10. The van der Waals surface area contributed by atoms with Gasteiger partial charge in [0.1, 0.15) is 6.54 Å². The Balaban J connectivity index is 2.00. The van der Waals surface area contributed by atoms with Crippen LogP contribution in [0.1, 0.15) is 30.2 Å². The van der Waals surface area contributed by atoms with Gasteiger partial charge in [0.25, 0.3) is 0 Å². The van der Waals surface area contributed by atoms with E-state index in [0.29, 0.717) is 11.5 Å². The van der Waals surface area contributed by atoms with E-state index >= 15 is 0 Å². The Kier molecular flexibility index (Phi) is 3.45. The highest BCUT2D eigenvalue weighted by Gasteiger charge is 2.16. The molecule has 102 valence electrons. The van der Waals surface area contributed by atoms with Gasteiger partial charge in [-0.2, -0.15) is 10.3 Å². The van der Waals surface area contributed by atoms with E-state index in [2.05, 4.69) is 31.0 Å². The van der Waals surface area contributed by atoms with Crippen LogP contribution in [0.25, 0.3) is 0 Å². The molecule has 0 aliphatic carbocycles. The number of rotatable bonds is 4.